The van der Waals surface area contributed by atoms with Crippen LogP contribution in [-0.2, 0) is 9.59 Å². The number of carboxylic acids is 1. The van der Waals surface area contributed by atoms with Gasteiger partial charge in [0.25, 0.3) is 0 Å². The highest BCUT2D eigenvalue weighted by Crippen LogP contribution is 2.16. The van der Waals surface area contributed by atoms with Crippen LogP contribution in [0.15, 0.2) is 11.6 Å². The summed E-state index contributed by atoms with van der Waals surface area (Å²) in [6.07, 6.45) is 1.75. The van der Waals surface area contributed by atoms with Crippen LogP contribution in [0.25, 0.3) is 0 Å². The van der Waals surface area contributed by atoms with Crippen molar-refractivity contribution in [3.8, 4) is 0 Å². The highest BCUT2D eigenvalue weighted by atomic mass is 16.4. The molecular formula is C8H11NO3. The van der Waals surface area contributed by atoms with Gasteiger partial charge in [0.1, 0.15) is 0 Å². The molecule has 1 aliphatic heterocycles. The molecule has 2 atom stereocenters. The van der Waals surface area contributed by atoms with E-state index in [1.165, 1.54) is 0 Å². The zero-order chi connectivity index (χ0) is 9.30. The minimum absolute atomic E-state index is 0.0619. The number of aliphatic carboxylic acids is 1. The second-order valence-electron chi connectivity index (χ2n) is 2.98. The largest absolute Gasteiger partial charge is 0.480 e. The minimum atomic E-state index is -1.09. The van der Waals surface area contributed by atoms with Gasteiger partial charge in [0, 0.05) is 6.04 Å². The molecule has 1 aliphatic rings. The zero-order valence-electron chi connectivity index (χ0n) is 7.00. The third kappa shape index (κ3) is 1.47. The summed E-state index contributed by atoms with van der Waals surface area (Å²) in [6, 6.07) is -0.0619. The van der Waals surface area contributed by atoms with E-state index in [9.17, 15) is 9.59 Å². The van der Waals surface area contributed by atoms with E-state index < -0.39 is 17.8 Å². The van der Waals surface area contributed by atoms with Crippen molar-refractivity contribution in [2.45, 2.75) is 19.9 Å². The third-order valence-corrected chi connectivity index (χ3v) is 1.85. The maximum absolute atomic E-state index is 11.1. The van der Waals surface area contributed by atoms with E-state index in [1.54, 1.807) is 19.9 Å². The van der Waals surface area contributed by atoms with Crippen molar-refractivity contribution >= 4 is 11.9 Å². The SMILES string of the molecule is CC1=C[C@H](C)NC(=O)[C@H]1C(=O)O. The lowest BCUT2D eigenvalue weighted by Gasteiger charge is -2.22. The number of amides is 1. The molecule has 2 N–H and O–H groups in total. The first-order chi connectivity index (χ1) is 5.52. The molecule has 0 aliphatic carbocycles. The Morgan fingerprint density at radius 1 is 1.67 bits per heavy atom. The number of carbonyl (C=O) groups is 2. The predicted molar refractivity (Wildman–Crippen MR) is 42.5 cm³/mol. The zero-order valence-corrected chi connectivity index (χ0v) is 7.00. The van der Waals surface area contributed by atoms with E-state index in [-0.39, 0.29) is 6.04 Å². The van der Waals surface area contributed by atoms with Crippen molar-refractivity contribution in [2.24, 2.45) is 5.92 Å². The molecule has 4 nitrogen and oxygen atoms in total. The van der Waals surface area contributed by atoms with Crippen molar-refractivity contribution < 1.29 is 14.7 Å². The lowest BCUT2D eigenvalue weighted by atomic mass is 9.94. The molecule has 0 aromatic carbocycles. The normalized spacial score (nSPS) is 29.2. The number of hydrogen-bond donors (Lipinski definition) is 2. The minimum Gasteiger partial charge on any atom is -0.480 e. The number of nitrogens with one attached hydrogen (secondary N) is 1. The summed E-state index contributed by atoms with van der Waals surface area (Å²) in [7, 11) is 0. The van der Waals surface area contributed by atoms with Gasteiger partial charge in [-0.25, -0.2) is 0 Å². The van der Waals surface area contributed by atoms with E-state index in [4.69, 9.17) is 5.11 Å². The van der Waals surface area contributed by atoms with Crippen molar-refractivity contribution in [2.75, 3.05) is 0 Å². The van der Waals surface area contributed by atoms with Gasteiger partial charge in [0.05, 0.1) is 0 Å². The average molecular weight is 169 g/mol. The molecule has 66 valence electrons. The van der Waals surface area contributed by atoms with Crippen LogP contribution in [0, 0.1) is 5.92 Å². The van der Waals surface area contributed by atoms with Crippen LogP contribution in [-0.4, -0.2) is 23.0 Å². The smallest absolute Gasteiger partial charge is 0.320 e. The van der Waals surface area contributed by atoms with Gasteiger partial charge in [-0.15, -0.1) is 0 Å². The maximum atomic E-state index is 11.1. The Kier molecular flexibility index (Phi) is 2.17. The Labute approximate surface area is 70.3 Å². The van der Waals surface area contributed by atoms with Gasteiger partial charge in [0.2, 0.25) is 5.91 Å². The molecule has 4 heteroatoms. The Balaban J connectivity index is 2.94. The summed E-state index contributed by atoms with van der Waals surface area (Å²) in [5.41, 5.74) is 0.610. The van der Waals surface area contributed by atoms with Crippen LogP contribution in [0.5, 0.6) is 0 Å². The monoisotopic (exact) mass is 169 g/mol. The Bertz CT molecular complexity index is 257. The first-order valence-electron chi connectivity index (χ1n) is 3.74. The molecule has 0 aromatic heterocycles. The van der Waals surface area contributed by atoms with Crippen LogP contribution in [0.4, 0.5) is 0 Å². The summed E-state index contributed by atoms with van der Waals surface area (Å²) >= 11 is 0. The molecule has 0 unspecified atom stereocenters. The van der Waals surface area contributed by atoms with Crippen LogP contribution >= 0.6 is 0 Å². The quantitative estimate of drug-likeness (QED) is 0.434. The molecular weight excluding hydrogens is 158 g/mol. The Morgan fingerprint density at radius 3 is 2.67 bits per heavy atom. The van der Waals surface area contributed by atoms with Crippen molar-refractivity contribution in [3.05, 3.63) is 11.6 Å². The van der Waals surface area contributed by atoms with E-state index in [0.717, 1.165) is 0 Å². The van der Waals surface area contributed by atoms with Gasteiger partial charge >= 0.3 is 5.97 Å². The first kappa shape index (κ1) is 8.77. The van der Waals surface area contributed by atoms with Crippen molar-refractivity contribution in [1.82, 2.24) is 5.32 Å². The summed E-state index contributed by atoms with van der Waals surface area (Å²) in [4.78, 5) is 21.7. The average Bonchev–Trinajstić information content (AvgIpc) is 1.82. The van der Waals surface area contributed by atoms with Crippen LogP contribution in [0.1, 0.15) is 13.8 Å². The van der Waals surface area contributed by atoms with Gasteiger partial charge in [-0.05, 0) is 13.8 Å². The highest BCUT2D eigenvalue weighted by Gasteiger charge is 2.31. The van der Waals surface area contributed by atoms with E-state index in [1.807, 2.05) is 0 Å². The topological polar surface area (TPSA) is 66.4 Å². The molecule has 0 fully saturated rings. The molecule has 12 heavy (non-hydrogen) atoms. The van der Waals surface area contributed by atoms with E-state index >= 15 is 0 Å². The number of carboxylic acid groups (broad SMARTS) is 1. The van der Waals surface area contributed by atoms with Gasteiger partial charge in [0.15, 0.2) is 5.92 Å². The molecule has 0 spiro atoms. The predicted octanol–water partition coefficient (Wildman–Crippen LogP) is 0.152. The van der Waals surface area contributed by atoms with Gasteiger partial charge in [-0.2, -0.15) is 0 Å². The van der Waals surface area contributed by atoms with Gasteiger partial charge < -0.3 is 10.4 Å². The number of rotatable bonds is 1. The van der Waals surface area contributed by atoms with Gasteiger partial charge in [-0.3, -0.25) is 9.59 Å². The fourth-order valence-electron chi connectivity index (χ4n) is 1.35. The van der Waals surface area contributed by atoms with Crippen LogP contribution in [0.2, 0.25) is 0 Å². The fourth-order valence-corrected chi connectivity index (χ4v) is 1.35. The van der Waals surface area contributed by atoms with Crippen LogP contribution < -0.4 is 5.32 Å². The summed E-state index contributed by atoms with van der Waals surface area (Å²) < 4.78 is 0. The third-order valence-electron chi connectivity index (χ3n) is 1.85. The van der Waals surface area contributed by atoms with Crippen LogP contribution in [0.3, 0.4) is 0 Å². The molecule has 0 saturated carbocycles. The standard InChI is InChI=1S/C8H11NO3/c1-4-3-5(2)9-7(10)6(4)8(11)12/h3,5-6H,1-2H3,(H,9,10)(H,11,12)/t5-,6-/m0/s1. The molecule has 0 bridgehead atoms. The second-order valence-corrected chi connectivity index (χ2v) is 2.98. The molecule has 0 saturated heterocycles. The maximum Gasteiger partial charge on any atom is 0.320 e. The molecule has 0 aromatic rings. The molecule has 1 heterocycles. The Hall–Kier alpha value is -1.32. The molecule has 1 amide bonds. The molecule has 0 radical (unpaired) electrons. The highest BCUT2D eigenvalue weighted by molar-refractivity contribution is 6.00. The fraction of sp³-hybridized carbons (Fsp3) is 0.500. The van der Waals surface area contributed by atoms with Crippen molar-refractivity contribution in [3.63, 3.8) is 0 Å². The van der Waals surface area contributed by atoms with Gasteiger partial charge in [-0.1, -0.05) is 11.6 Å². The summed E-state index contributed by atoms with van der Waals surface area (Å²) in [5.74, 6) is -2.51. The number of hydrogen-bond acceptors (Lipinski definition) is 2. The summed E-state index contributed by atoms with van der Waals surface area (Å²) in [6.45, 7) is 3.47. The first-order valence-corrected chi connectivity index (χ1v) is 3.74. The van der Waals surface area contributed by atoms with E-state index in [0.29, 0.717) is 5.57 Å². The Morgan fingerprint density at radius 2 is 2.25 bits per heavy atom. The molecule has 1 rings (SSSR count). The lowest BCUT2D eigenvalue weighted by Crippen LogP contribution is -2.44. The number of carbonyl (C=O) groups excluding carboxylic acids is 1. The summed E-state index contributed by atoms with van der Waals surface area (Å²) in [5, 5.41) is 11.2. The lowest BCUT2D eigenvalue weighted by molar-refractivity contribution is -0.145. The van der Waals surface area contributed by atoms with E-state index in [2.05, 4.69) is 5.32 Å². The van der Waals surface area contributed by atoms with Crippen molar-refractivity contribution in [1.29, 1.82) is 0 Å². The second kappa shape index (κ2) is 2.97.